The summed E-state index contributed by atoms with van der Waals surface area (Å²) in [5.74, 6) is -0.112. The van der Waals surface area contributed by atoms with Gasteiger partial charge in [0.2, 0.25) is 0 Å². The Kier molecular flexibility index (Phi) is 7.07. The van der Waals surface area contributed by atoms with E-state index in [0.717, 1.165) is 6.42 Å². The molecule has 0 bridgehead atoms. The predicted molar refractivity (Wildman–Crippen MR) is 155 cm³/mol. The molecule has 1 spiro atoms. The van der Waals surface area contributed by atoms with E-state index < -0.39 is 70.9 Å². The van der Waals surface area contributed by atoms with Crippen LogP contribution in [0.3, 0.4) is 0 Å². The molecule has 8 nitrogen and oxygen atoms in total. The third-order valence-electron chi connectivity index (χ3n) is 14.5. The van der Waals surface area contributed by atoms with Gasteiger partial charge in [-0.15, -0.1) is 0 Å². The third-order valence-corrected chi connectivity index (χ3v) is 14.5. The molecule has 0 radical (unpaired) electrons. The highest BCUT2D eigenvalue weighted by Gasteiger charge is 2.83. The van der Waals surface area contributed by atoms with Gasteiger partial charge in [-0.25, -0.2) is 0 Å². The summed E-state index contributed by atoms with van der Waals surface area (Å²) in [6, 6.07) is 0. The maximum absolute atomic E-state index is 12.6. The van der Waals surface area contributed by atoms with Crippen LogP contribution in [0.5, 0.6) is 0 Å². The van der Waals surface area contributed by atoms with E-state index in [1.54, 1.807) is 0 Å². The lowest BCUT2D eigenvalue weighted by Crippen LogP contribution is -2.72. The second-order valence-electron chi connectivity index (χ2n) is 16.4. The number of carbonyl (C=O) groups excluding carboxylic acids is 2. The Labute approximate surface area is 251 Å². The topological polar surface area (TPSA) is 126 Å². The quantitative estimate of drug-likeness (QED) is 0.312. The maximum Gasteiger partial charge on any atom is 0.303 e. The average Bonchev–Trinajstić information content (AvgIpc) is 3.77. The smallest absolute Gasteiger partial charge is 0.303 e. The number of ether oxygens (including phenoxy) is 3. The largest absolute Gasteiger partial charge is 0.462 e. The average molecular weight is 591 g/mol. The zero-order valence-electron chi connectivity index (χ0n) is 27.0. The highest BCUT2D eigenvalue weighted by molar-refractivity contribution is 5.67. The molecule has 6 aliphatic rings. The molecule has 8 heteroatoms. The Hall–Kier alpha value is -1.22. The van der Waals surface area contributed by atoms with Crippen molar-refractivity contribution in [3.8, 4) is 0 Å². The van der Waals surface area contributed by atoms with Crippen molar-refractivity contribution in [3.05, 3.63) is 0 Å². The molecule has 1 heterocycles. The molecule has 6 fully saturated rings. The molecule has 17 unspecified atom stereocenters. The van der Waals surface area contributed by atoms with E-state index >= 15 is 0 Å². The van der Waals surface area contributed by atoms with Crippen LogP contribution in [-0.2, 0) is 23.8 Å². The lowest BCUT2D eigenvalue weighted by atomic mass is 9.42. The fourth-order valence-corrected chi connectivity index (χ4v) is 12.0. The number of hydrogen-bond donors (Lipinski definition) is 3. The first kappa shape index (κ1) is 30.8. The lowest BCUT2D eigenvalue weighted by Gasteiger charge is -2.64. The zero-order valence-corrected chi connectivity index (χ0v) is 27.0. The summed E-state index contributed by atoms with van der Waals surface area (Å²) in [6.45, 7) is 18.6. The molecule has 238 valence electrons. The van der Waals surface area contributed by atoms with Crippen molar-refractivity contribution < 1.29 is 39.1 Å². The van der Waals surface area contributed by atoms with Gasteiger partial charge in [-0.2, -0.15) is 0 Å². The van der Waals surface area contributed by atoms with Gasteiger partial charge in [-0.05, 0) is 60.7 Å². The van der Waals surface area contributed by atoms with Crippen LogP contribution in [-0.4, -0.2) is 69.5 Å². The minimum Gasteiger partial charge on any atom is -0.462 e. The van der Waals surface area contributed by atoms with Gasteiger partial charge < -0.3 is 29.5 Å². The third kappa shape index (κ3) is 3.92. The number of aliphatic hydroxyl groups excluding tert-OH is 3. The van der Waals surface area contributed by atoms with Crippen LogP contribution in [0.4, 0.5) is 0 Å². The second-order valence-corrected chi connectivity index (χ2v) is 16.4. The maximum atomic E-state index is 12.6. The normalized spacial score (nSPS) is 55.4. The number of hydrogen-bond acceptors (Lipinski definition) is 8. The molecule has 5 aliphatic carbocycles. The van der Waals surface area contributed by atoms with Gasteiger partial charge in [-0.1, -0.05) is 48.5 Å². The molecule has 42 heavy (non-hydrogen) atoms. The van der Waals surface area contributed by atoms with Gasteiger partial charge in [0.15, 0.2) is 0 Å². The van der Waals surface area contributed by atoms with E-state index in [1.165, 1.54) is 13.8 Å². The van der Waals surface area contributed by atoms with Crippen LogP contribution in [0.2, 0.25) is 0 Å². The molecule has 6 rings (SSSR count). The van der Waals surface area contributed by atoms with E-state index in [4.69, 9.17) is 14.2 Å². The predicted octanol–water partition coefficient (Wildman–Crippen LogP) is 4.12. The number of carbonyl (C=O) groups is 2. The van der Waals surface area contributed by atoms with Crippen LogP contribution in [0.1, 0.15) is 94.4 Å². The van der Waals surface area contributed by atoms with E-state index in [1.807, 2.05) is 0 Å². The first-order valence-electron chi connectivity index (χ1n) is 16.5. The first-order valence-corrected chi connectivity index (χ1v) is 16.5. The number of epoxide rings is 1. The summed E-state index contributed by atoms with van der Waals surface area (Å²) in [4.78, 5) is 25.2. The van der Waals surface area contributed by atoms with Crippen molar-refractivity contribution in [3.63, 3.8) is 0 Å². The van der Waals surface area contributed by atoms with Crippen molar-refractivity contribution in [2.24, 2.45) is 63.6 Å². The highest BCUT2D eigenvalue weighted by Crippen LogP contribution is 2.76. The van der Waals surface area contributed by atoms with Gasteiger partial charge in [0.05, 0.1) is 18.3 Å². The van der Waals surface area contributed by atoms with Crippen LogP contribution < -0.4 is 0 Å². The van der Waals surface area contributed by atoms with E-state index in [-0.39, 0.29) is 29.1 Å². The monoisotopic (exact) mass is 590 g/mol. The molecule has 0 aromatic carbocycles. The summed E-state index contributed by atoms with van der Waals surface area (Å²) in [5, 5.41) is 35.3. The fourth-order valence-electron chi connectivity index (χ4n) is 12.0. The van der Waals surface area contributed by atoms with E-state index in [9.17, 15) is 24.9 Å². The van der Waals surface area contributed by atoms with E-state index in [2.05, 4.69) is 48.5 Å². The van der Waals surface area contributed by atoms with Crippen LogP contribution in [0, 0.1) is 63.6 Å². The first-order chi connectivity index (χ1) is 19.5. The fraction of sp³-hybridized carbons (Fsp3) is 0.941. The Morgan fingerprint density at radius 3 is 2.14 bits per heavy atom. The van der Waals surface area contributed by atoms with Gasteiger partial charge in [-0.3, -0.25) is 9.59 Å². The van der Waals surface area contributed by atoms with Gasteiger partial charge in [0, 0.05) is 48.9 Å². The SMILES string of the molecule is CC(=O)OC1CC(C(C)C2CC2(C)C(C)C(C)C)C2(C)C(O)C(OC(C)=O)C3C(C(O)C4OC45CC(O)CCC35C)C12. The van der Waals surface area contributed by atoms with Crippen LogP contribution >= 0.6 is 0 Å². The number of esters is 2. The summed E-state index contributed by atoms with van der Waals surface area (Å²) in [7, 11) is 0. The van der Waals surface area contributed by atoms with Gasteiger partial charge in [0.1, 0.15) is 23.9 Å². The Morgan fingerprint density at radius 2 is 1.55 bits per heavy atom. The summed E-state index contributed by atoms with van der Waals surface area (Å²) in [5.41, 5.74) is -1.80. The van der Waals surface area contributed by atoms with Crippen LogP contribution in [0.25, 0.3) is 0 Å². The van der Waals surface area contributed by atoms with Crippen molar-refractivity contribution in [1.29, 1.82) is 0 Å². The highest BCUT2D eigenvalue weighted by atomic mass is 16.6. The number of fused-ring (bicyclic) bond motifs is 4. The number of aliphatic hydroxyl groups is 3. The second kappa shape index (κ2) is 9.64. The van der Waals surface area contributed by atoms with Gasteiger partial charge in [0.25, 0.3) is 0 Å². The van der Waals surface area contributed by atoms with Gasteiger partial charge >= 0.3 is 11.9 Å². The molecule has 0 aromatic heterocycles. The van der Waals surface area contributed by atoms with Crippen molar-refractivity contribution in [2.45, 2.75) is 137 Å². The van der Waals surface area contributed by atoms with Crippen molar-refractivity contribution >= 4 is 11.9 Å². The van der Waals surface area contributed by atoms with E-state index in [0.29, 0.717) is 43.4 Å². The molecular weight excluding hydrogens is 536 g/mol. The standard InChI is InChI=1S/C34H54O8/c1-15(2)17(4)31(7)14-22(31)16(3)21-12-23(40-18(5)35)25-24-26(28(41-19(6)36)29(39)33(21,25)9)32(8)11-10-20(37)13-34(32)30(42-34)27(24)38/h15-17,20-30,37-39H,10-14H2,1-9H3. The Balaban J connectivity index is 1.45. The number of rotatable bonds is 6. The lowest BCUT2D eigenvalue weighted by molar-refractivity contribution is -0.257. The Morgan fingerprint density at radius 1 is 0.905 bits per heavy atom. The summed E-state index contributed by atoms with van der Waals surface area (Å²) < 4.78 is 18.6. The minimum atomic E-state index is -1.00. The Bertz CT molecular complexity index is 1120. The minimum absolute atomic E-state index is 0.00651. The van der Waals surface area contributed by atoms with Crippen LogP contribution in [0.15, 0.2) is 0 Å². The van der Waals surface area contributed by atoms with Crippen molar-refractivity contribution in [2.75, 3.05) is 0 Å². The summed E-state index contributed by atoms with van der Waals surface area (Å²) >= 11 is 0. The molecule has 0 amide bonds. The molecule has 0 aromatic rings. The van der Waals surface area contributed by atoms with Crippen molar-refractivity contribution in [1.82, 2.24) is 0 Å². The molecule has 5 saturated carbocycles. The molecule has 17 atom stereocenters. The molecule has 1 aliphatic heterocycles. The molecular formula is C34H54O8. The summed E-state index contributed by atoms with van der Waals surface area (Å²) in [6.07, 6.45) is -0.787. The zero-order chi connectivity index (χ0) is 30.9. The molecule has 1 saturated heterocycles. The molecule has 3 N–H and O–H groups in total.